The average Bonchev–Trinajstić information content (AvgIpc) is 2.02. The van der Waals surface area contributed by atoms with Gasteiger partial charge in [-0.25, -0.2) is 0 Å². The molecule has 0 aliphatic heterocycles. The van der Waals surface area contributed by atoms with Gasteiger partial charge in [-0.05, 0) is 38.0 Å². The quantitative estimate of drug-likeness (QED) is 0.523. The zero-order chi connectivity index (χ0) is 9.56. The normalized spacial score (nSPS) is 15.2. The van der Waals surface area contributed by atoms with Crippen LogP contribution in [-0.2, 0) is 0 Å². The Kier molecular flexibility index (Phi) is 5.56. The third-order valence-electron chi connectivity index (χ3n) is 1.40. The summed E-state index contributed by atoms with van der Waals surface area (Å²) >= 11 is 5.80. The van der Waals surface area contributed by atoms with Crippen molar-refractivity contribution in [2.24, 2.45) is 0 Å². The maximum Gasteiger partial charge on any atom is 0.0894 e. The predicted molar refractivity (Wildman–Crippen MR) is 54.4 cm³/mol. The smallest absolute Gasteiger partial charge is 0.0894 e. The molecule has 0 fully saturated rings. The molecule has 0 aromatic carbocycles. The van der Waals surface area contributed by atoms with Crippen LogP contribution in [0.5, 0.6) is 0 Å². The van der Waals surface area contributed by atoms with Crippen LogP contribution in [0.4, 0.5) is 0 Å². The van der Waals surface area contributed by atoms with Crippen molar-refractivity contribution in [3.63, 3.8) is 0 Å². The lowest BCUT2D eigenvalue weighted by Gasteiger charge is -1.97. The number of hydrogen-bond acceptors (Lipinski definition) is 1. The summed E-state index contributed by atoms with van der Waals surface area (Å²) in [5, 5.41) is 9.70. The summed E-state index contributed by atoms with van der Waals surface area (Å²) < 4.78 is 0. The molecule has 0 aromatic rings. The first-order valence-corrected chi connectivity index (χ1v) is 4.37. The molecule has 1 N–H and O–H groups in total. The summed E-state index contributed by atoms with van der Waals surface area (Å²) in [6, 6.07) is 0. The monoisotopic (exact) mass is 186 g/mol. The zero-order valence-electron chi connectivity index (χ0n) is 7.76. The van der Waals surface area contributed by atoms with Gasteiger partial charge in [0, 0.05) is 5.03 Å². The lowest BCUT2D eigenvalue weighted by atomic mass is 10.1. The van der Waals surface area contributed by atoms with E-state index >= 15 is 0 Å². The molecule has 0 radical (unpaired) electrons. The Morgan fingerprint density at radius 1 is 1.42 bits per heavy atom. The molecule has 0 saturated carbocycles. The fraction of sp³-hybridized carbons (Fsp3) is 0.400. The number of hydrogen-bond donors (Lipinski definition) is 1. The van der Waals surface area contributed by atoms with Crippen LogP contribution in [0.1, 0.15) is 27.2 Å². The van der Waals surface area contributed by atoms with Gasteiger partial charge in [0.2, 0.25) is 0 Å². The molecule has 68 valence electrons. The van der Waals surface area contributed by atoms with E-state index in [1.54, 1.807) is 13.0 Å². The topological polar surface area (TPSA) is 20.2 Å². The maximum atomic E-state index is 9.00. The van der Waals surface area contributed by atoms with Crippen LogP contribution in [0.2, 0.25) is 0 Å². The number of aliphatic hydroxyl groups excluding tert-OH is 1. The molecule has 0 aliphatic carbocycles. The first kappa shape index (κ1) is 11.3. The van der Waals surface area contributed by atoms with E-state index in [-0.39, 0.29) is 0 Å². The van der Waals surface area contributed by atoms with E-state index in [2.05, 4.69) is 0 Å². The summed E-state index contributed by atoms with van der Waals surface area (Å²) in [6.45, 7) is 5.54. The van der Waals surface area contributed by atoms with Crippen LogP contribution in [0.3, 0.4) is 0 Å². The van der Waals surface area contributed by atoms with E-state index in [0.717, 1.165) is 12.0 Å². The number of halogens is 1. The molecule has 12 heavy (non-hydrogen) atoms. The first-order chi connectivity index (χ1) is 5.60. The Labute approximate surface area is 79.1 Å². The molecule has 0 bridgehead atoms. The van der Waals surface area contributed by atoms with Gasteiger partial charge >= 0.3 is 0 Å². The van der Waals surface area contributed by atoms with Crippen molar-refractivity contribution in [3.8, 4) is 0 Å². The minimum atomic E-state index is 0.309. The van der Waals surface area contributed by atoms with Crippen LogP contribution in [0, 0.1) is 0 Å². The van der Waals surface area contributed by atoms with E-state index in [1.807, 2.05) is 26.0 Å². The second-order valence-electron chi connectivity index (χ2n) is 2.53. The van der Waals surface area contributed by atoms with Crippen molar-refractivity contribution in [1.82, 2.24) is 0 Å². The molecule has 2 heteroatoms. The summed E-state index contributed by atoms with van der Waals surface area (Å²) in [7, 11) is 0. The Morgan fingerprint density at radius 2 is 2.00 bits per heavy atom. The first-order valence-electron chi connectivity index (χ1n) is 3.99. The van der Waals surface area contributed by atoms with Gasteiger partial charge < -0.3 is 5.11 Å². The third kappa shape index (κ3) is 5.03. The summed E-state index contributed by atoms with van der Waals surface area (Å²) in [5.74, 6) is 0.309. The fourth-order valence-corrected chi connectivity index (χ4v) is 0.915. The van der Waals surface area contributed by atoms with E-state index in [4.69, 9.17) is 16.7 Å². The van der Waals surface area contributed by atoms with Crippen LogP contribution in [0.15, 0.2) is 34.6 Å². The Morgan fingerprint density at radius 3 is 2.33 bits per heavy atom. The van der Waals surface area contributed by atoms with Gasteiger partial charge in [-0.2, -0.15) is 0 Å². The molecule has 0 amide bonds. The average molecular weight is 187 g/mol. The fourth-order valence-electron chi connectivity index (χ4n) is 0.775. The highest BCUT2D eigenvalue weighted by atomic mass is 35.5. The van der Waals surface area contributed by atoms with Gasteiger partial charge in [0.25, 0.3) is 0 Å². The van der Waals surface area contributed by atoms with Crippen LogP contribution >= 0.6 is 11.6 Å². The van der Waals surface area contributed by atoms with Gasteiger partial charge in [-0.15, -0.1) is 0 Å². The van der Waals surface area contributed by atoms with Gasteiger partial charge in [-0.3, -0.25) is 0 Å². The van der Waals surface area contributed by atoms with Gasteiger partial charge in [0.05, 0.1) is 5.76 Å². The van der Waals surface area contributed by atoms with E-state index in [1.165, 1.54) is 0 Å². The van der Waals surface area contributed by atoms with Crippen molar-refractivity contribution in [3.05, 3.63) is 34.6 Å². The molecule has 0 saturated heterocycles. The third-order valence-corrected chi connectivity index (χ3v) is 1.73. The van der Waals surface area contributed by atoms with Crippen molar-refractivity contribution >= 4 is 11.6 Å². The molecule has 0 heterocycles. The molecule has 1 nitrogen and oxygen atoms in total. The van der Waals surface area contributed by atoms with Crippen molar-refractivity contribution in [2.75, 3.05) is 0 Å². The number of allylic oxidation sites excluding steroid dienone is 6. The lowest BCUT2D eigenvalue weighted by Crippen LogP contribution is -1.79. The van der Waals surface area contributed by atoms with Crippen LogP contribution in [-0.4, -0.2) is 5.11 Å². The lowest BCUT2D eigenvalue weighted by molar-refractivity contribution is 0.413. The standard InChI is InChI=1S/C10H15ClO/c1-4-9(6-8(3)12)7-10(11)5-2/h5-7,12H,4H2,1-3H3/b8-6+,9-7-,10-5?. The minimum Gasteiger partial charge on any atom is -0.513 e. The molecular formula is C10H15ClO. The Balaban J connectivity index is 4.56. The van der Waals surface area contributed by atoms with Gasteiger partial charge in [-0.1, -0.05) is 24.6 Å². The molecule has 0 atom stereocenters. The highest BCUT2D eigenvalue weighted by Gasteiger charge is 1.91. The second-order valence-corrected chi connectivity index (χ2v) is 2.97. The Bertz CT molecular complexity index is 220. The molecule has 0 spiro atoms. The highest BCUT2D eigenvalue weighted by Crippen LogP contribution is 2.12. The zero-order valence-corrected chi connectivity index (χ0v) is 8.52. The summed E-state index contributed by atoms with van der Waals surface area (Å²) in [5.41, 5.74) is 1.03. The molecule has 0 aromatic heterocycles. The number of rotatable bonds is 3. The largest absolute Gasteiger partial charge is 0.513 e. The van der Waals surface area contributed by atoms with Crippen molar-refractivity contribution < 1.29 is 5.11 Å². The van der Waals surface area contributed by atoms with Crippen molar-refractivity contribution in [2.45, 2.75) is 27.2 Å². The second kappa shape index (κ2) is 5.90. The molecule has 0 aliphatic rings. The molecule has 0 unspecified atom stereocenters. The van der Waals surface area contributed by atoms with Crippen LogP contribution < -0.4 is 0 Å². The van der Waals surface area contributed by atoms with Gasteiger partial charge in [0.1, 0.15) is 0 Å². The van der Waals surface area contributed by atoms with Gasteiger partial charge in [0.15, 0.2) is 0 Å². The molecule has 0 rings (SSSR count). The SMILES string of the molecule is CC=C(Cl)/C=C(\C=C(/C)O)CC. The number of aliphatic hydroxyl groups is 1. The Hall–Kier alpha value is -0.690. The van der Waals surface area contributed by atoms with E-state index < -0.39 is 0 Å². The maximum absolute atomic E-state index is 9.00. The summed E-state index contributed by atoms with van der Waals surface area (Å²) in [6.07, 6.45) is 6.24. The minimum absolute atomic E-state index is 0.309. The van der Waals surface area contributed by atoms with Crippen molar-refractivity contribution in [1.29, 1.82) is 0 Å². The highest BCUT2D eigenvalue weighted by molar-refractivity contribution is 6.31. The summed E-state index contributed by atoms with van der Waals surface area (Å²) in [4.78, 5) is 0. The van der Waals surface area contributed by atoms with E-state index in [0.29, 0.717) is 10.8 Å². The van der Waals surface area contributed by atoms with E-state index in [9.17, 15) is 0 Å². The predicted octanol–water partition coefficient (Wildman–Crippen LogP) is 3.93. The molecular weight excluding hydrogens is 172 g/mol. The van der Waals surface area contributed by atoms with Crippen LogP contribution in [0.25, 0.3) is 0 Å².